The summed E-state index contributed by atoms with van der Waals surface area (Å²) in [6, 6.07) is 9.18. The lowest BCUT2D eigenvalue weighted by Gasteiger charge is -2.03. The molecule has 1 aromatic rings. The third-order valence-electron chi connectivity index (χ3n) is 0.968. The normalized spacial score (nSPS) is 9.90. The van der Waals surface area contributed by atoms with Crippen molar-refractivity contribution in [3.63, 3.8) is 0 Å². The number of hydrogen-bond donors (Lipinski definition) is 0. The molecule has 0 amide bonds. The van der Waals surface area contributed by atoms with Gasteiger partial charge in [0.15, 0.2) is 0 Å². The van der Waals surface area contributed by atoms with Crippen LogP contribution in [0.1, 0.15) is 0 Å². The Morgan fingerprint density at radius 3 is 2.20 bits per heavy atom. The highest BCUT2D eigenvalue weighted by Gasteiger charge is 1.97. The molecule has 0 saturated carbocycles. The second-order valence-corrected chi connectivity index (χ2v) is 2.71. The van der Waals surface area contributed by atoms with Crippen LogP contribution >= 0.6 is 23.2 Å². The summed E-state index contributed by atoms with van der Waals surface area (Å²) in [5.41, 5.74) is 0. The lowest BCUT2D eigenvalue weighted by atomic mass is 10.3. The number of hydrogen-bond acceptors (Lipinski definition) is 1. The first-order valence-corrected chi connectivity index (χ1v) is 3.66. The monoisotopic (exact) mass is 176 g/mol. The van der Waals surface area contributed by atoms with Gasteiger partial charge in [-0.25, -0.2) is 0 Å². The minimum absolute atomic E-state index is 0.678. The maximum atomic E-state index is 5.36. The van der Waals surface area contributed by atoms with E-state index in [1.807, 2.05) is 18.2 Å². The van der Waals surface area contributed by atoms with Gasteiger partial charge in [0, 0.05) is 0 Å². The van der Waals surface area contributed by atoms with Crippen LogP contribution in [0, 0.1) is 0 Å². The number of ether oxygens (including phenoxy) is 1. The maximum Gasteiger partial charge on any atom is 0.247 e. The molecule has 10 heavy (non-hydrogen) atoms. The van der Waals surface area contributed by atoms with E-state index in [-0.39, 0.29) is 0 Å². The molecule has 1 rings (SSSR count). The number of benzene rings is 1. The minimum Gasteiger partial charge on any atom is -0.461 e. The topological polar surface area (TPSA) is 9.23 Å². The molecule has 0 spiro atoms. The third kappa shape index (κ3) is 2.46. The molecule has 0 aliphatic heterocycles. The second kappa shape index (κ2) is 3.69. The first-order chi connectivity index (χ1) is 4.79. The van der Waals surface area contributed by atoms with Crippen molar-refractivity contribution >= 4 is 23.2 Å². The highest BCUT2D eigenvalue weighted by atomic mass is 35.5. The van der Waals surface area contributed by atoms with Crippen molar-refractivity contribution in [3.05, 3.63) is 30.3 Å². The first-order valence-electron chi connectivity index (χ1n) is 2.79. The first kappa shape index (κ1) is 7.70. The van der Waals surface area contributed by atoms with Gasteiger partial charge < -0.3 is 4.74 Å². The van der Waals surface area contributed by atoms with Crippen molar-refractivity contribution in [1.29, 1.82) is 0 Å². The van der Waals surface area contributed by atoms with E-state index < -0.39 is 5.02 Å². The Morgan fingerprint density at radius 1 is 1.10 bits per heavy atom. The molecule has 0 bridgehead atoms. The van der Waals surface area contributed by atoms with Crippen LogP contribution in [-0.2, 0) is 0 Å². The van der Waals surface area contributed by atoms with Gasteiger partial charge in [-0.3, -0.25) is 0 Å². The van der Waals surface area contributed by atoms with Crippen molar-refractivity contribution in [3.8, 4) is 5.75 Å². The molecular formula is C7H6Cl2O. The van der Waals surface area contributed by atoms with Crippen molar-refractivity contribution < 1.29 is 4.74 Å². The zero-order valence-corrected chi connectivity index (χ0v) is 6.64. The van der Waals surface area contributed by atoms with Crippen molar-refractivity contribution in [2.75, 3.05) is 0 Å². The van der Waals surface area contributed by atoms with Gasteiger partial charge in [0.25, 0.3) is 0 Å². The second-order valence-electron chi connectivity index (χ2n) is 1.69. The van der Waals surface area contributed by atoms with Gasteiger partial charge >= 0.3 is 0 Å². The van der Waals surface area contributed by atoms with E-state index in [0.29, 0.717) is 5.75 Å². The van der Waals surface area contributed by atoms with E-state index in [4.69, 9.17) is 27.9 Å². The SMILES string of the molecule is ClC(Cl)Oc1ccccc1. The molecular weight excluding hydrogens is 171 g/mol. The lowest BCUT2D eigenvalue weighted by Crippen LogP contribution is -1.98. The predicted molar refractivity (Wildman–Crippen MR) is 42.6 cm³/mol. The van der Waals surface area contributed by atoms with Crippen LogP contribution in [0.3, 0.4) is 0 Å². The van der Waals surface area contributed by atoms with Crippen LogP contribution in [0.15, 0.2) is 30.3 Å². The van der Waals surface area contributed by atoms with Crippen LogP contribution < -0.4 is 4.74 Å². The number of halogens is 2. The highest BCUT2D eigenvalue weighted by Crippen LogP contribution is 2.14. The Morgan fingerprint density at radius 2 is 1.70 bits per heavy atom. The maximum absolute atomic E-state index is 5.36. The van der Waals surface area contributed by atoms with E-state index in [1.165, 1.54) is 0 Å². The molecule has 54 valence electrons. The van der Waals surface area contributed by atoms with E-state index in [2.05, 4.69) is 0 Å². The summed E-state index contributed by atoms with van der Waals surface area (Å²) in [7, 11) is 0. The molecule has 3 heteroatoms. The summed E-state index contributed by atoms with van der Waals surface area (Å²) in [6.07, 6.45) is 0. The average Bonchev–Trinajstić information content (AvgIpc) is 1.88. The summed E-state index contributed by atoms with van der Waals surface area (Å²) in [5.74, 6) is 0.678. The number of alkyl halides is 2. The van der Waals surface area contributed by atoms with Gasteiger partial charge in [-0.2, -0.15) is 0 Å². The molecule has 0 aliphatic carbocycles. The molecule has 1 nitrogen and oxygen atoms in total. The molecule has 0 fully saturated rings. The fraction of sp³-hybridized carbons (Fsp3) is 0.143. The Bertz CT molecular complexity index is 186. The fourth-order valence-corrected chi connectivity index (χ4v) is 0.808. The van der Waals surface area contributed by atoms with E-state index in [1.54, 1.807) is 12.1 Å². The predicted octanol–water partition coefficient (Wildman–Crippen LogP) is 2.83. The zero-order chi connectivity index (χ0) is 7.40. The lowest BCUT2D eigenvalue weighted by molar-refractivity contribution is 0.354. The number of para-hydroxylation sites is 1. The van der Waals surface area contributed by atoms with Crippen molar-refractivity contribution in [1.82, 2.24) is 0 Å². The van der Waals surface area contributed by atoms with E-state index >= 15 is 0 Å². The molecule has 0 unspecified atom stereocenters. The van der Waals surface area contributed by atoms with Crippen molar-refractivity contribution in [2.45, 2.75) is 5.02 Å². The molecule has 0 radical (unpaired) electrons. The van der Waals surface area contributed by atoms with Crippen LogP contribution in [0.25, 0.3) is 0 Å². The molecule has 1 aromatic carbocycles. The van der Waals surface area contributed by atoms with E-state index in [9.17, 15) is 0 Å². The summed E-state index contributed by atoms with van der Waals surface area (Å²) >= 11 is 10.7. The summed E-state index contributed by atoms with van der Waals surface area (Å²) in [6.45, 7) is 0. The van der Waals surface area contributed by atoms with Crippen LogP contribution in [0.5, 0.6) is 5.75 Å². The highest BCUT2D eigenvalue weighted by molar-refractivity contribution is 6.43. The standard InChI is InChI=1S/C7H6Cl2O/c8-7(9)10-6-4-2-1-3-5-6/h1-5,7H. The van der Waals surface area contributed by atoms with Gasteiger partial charge in [-0.05, 0) is 12.1 Å². The average molecular weight is 177 g/mol. The van der Waals surface area contributed by atoms with E-state index in [0.717, 1.165) is 0 Å². The Balaban J connectivity index is 2.59. The van der Waals surface area contributed by atoms with Crippen molar-refractivity contribution in [2.24, 2.45) is 0 Å². The van der Waals surface area contributed by atoms with Gasteiger partial charge in [0.05, 0.1) is 0 Å². The largest absolute Gasteiger partial charge is 0.461 e. The Kier molecular flexibility index (Phi) is 2.84. The molecule has 0 aromatic heterocycles. The van der Waals surface area contributed by atoms with Crippen LogP contribution in [-0.4, -0.2) is 5.02 Å². The van der Waals surface area contributed by atoms with Gasteiger partial charge in [-0.1, -0.05) is 41.4 Å². The zero-order valence-electron chi connectivity index (χ0n) is 5.13. The smallest absolute Gasteiger partial charge is 0.247 e. The van der Waals surface area contributed by atoms with Crippen LogP contribution in [0.2, 0.25) is 0 Å². The summed E-state index contributed by atoms with van der Waals surface area (Å²) in [5, 5.41) is -0.789. The minimum atomic E-state index is -0.789. The molecule has 0 saturated heterocycles. The fourth-order valence-electron chi connectivity index (χ4n) is 0.602. The van der Waals surface area contributed by atoms with Gasteiger partial charge in [-0.15, -0.1) is 0 Å². The summed E-state index contributed by atoms with van der Waals surface area (Å²) < 4.78 is 4.95. The number of rotatable bonds is 2. The Labute approximate surface area is 69.5 Å². The van der Waals surface area contributed by atoms with Gasteiger partial charge in [0.1, 0.15) is 5.75 Å². The summed E-state index contributed by atoms with van der Waals surface area (Å²) in [4.78, 5) is 0. The molecule has 0 atom stereocenters. The third-order valence-corrected chi connectivity index (χ3v) is 1.15. The molecule has 0 aliphatic rings. The van der Waals surface area contributed by atoms with Crippen LogP contribution in [0.4, 0.5) is 0 Å². The molecule has 0 heterocycles. The van der Waals surface area contributed by atoms with Gasteiger partial charge in [0.2, 0.25) is 5.02 Å². The molecule has 0 N–H and O–H groups in total. The quantitative estimate of drug-likeness (QED) is 0.631. The Hall–Kier alpha value is -0.400.